The molecule has 6 nitrogen and oxygen atoms in total. The molecule has 0 amide bonds. The summed E-state index contributed by atoms with van der Waals surface area (Å²) in [5.74, 6) is 1.28. The number of methoxy groups -OCH3 is 2. The molecule has 1 heterocycles. The van der Waals surface area contributed by atoms with Gasteiger partial charge in [0.05, 0.1) is 19.6 Å². The van der Waals surface area contributed by atoms with Gasteiger partial charge in [0.2, 0.25) is 12.5 Å². The highest BCUT2D eigenvalue weighted by molar-refractivity contribution is 5.85. The van der Waals surface area contributed by atoms with Crippen LogP contribution in [-0.2, 0) is 9.53 Å². The molecule has 1 atom stereocenters. The molecule has 0 unspecified atom stereocenters. The van der Waals surface area contributed by atoms with E-state index in [2.05, 4.69) is 0 Å². The number of hydrogen-bond acceptors (Lipinski definition) is 6. The Hall–Kier alpha value is -1.66. The lowest BCUT2D eigenvalue weighted by molar-refractivity contribution is -0.152. The predicted molar refractivity (Wildman–Crippen MR) is 79.1 cm³/mol. The molecule has 1 aliphatic rings. The average molecular weight is 318 g/mol. The number of ether oxygens (including phenoxy) is 4. The first-order valence-corrected chi connectivity index (χ1v) is 6.23. The van der Waals surface area contributed by atoms with Crippen molar-refractivity contribution in [2.75, 3.05) is 21.0 Å². The minimum Gasteiger partial charge on any atom is -0.493 e. The SMILES string of the molecule is COC(=O)C(C)(C)[C@H](N)c1cc(OC)c2c(c1)OCO2.Cl. The molecule has 1 aromatic rings. The average Bonchev–Trinajstić information content (AvgIpc) is 2.92. The smallest absolute Gasteiger partial charge is 0.313 e. The van der Waals surface area contributed by atoms with Crippen molar-refractivity contribution in [3.63, 3.8) is 0 Å². The quantitative estimate of drug-likeness (QED) is 0.856. The molecule has 21 heavy (non-hydrogen) atoms. The summed E-state index contributed by atoms with van der Waals surface area (Å²) in [6, 6.07) is 2.96. The van der Waals surface area contributed by atoms with Crippen molar-refractivity contribution in [2.24, 2.45) is 11.1 Å². The number of hydrogen-bond donors (Lipinski definition) is 1. The van der Waals surface area contributed by atoms with E-state index in [9.17, 15) is 4.79 Å². The fourth-order valence-electron chi connectivity index (χ4n) is 2.14. The molecule has 1 aliphatic heterocycles. The second-order valence-corrected chi connectivity index (χ2v) is 5.15. The van der Waals surface area contributed by atoms with Crippen LogP contribution in [0.3, 0.4) is 0 Å². The number of halogens is 1. The first-order chi connectivity index (χ1) is 9.41. The summed E-state index contributed by atoms with van der Waals surface area (Å²) in [6.07, 6.45) is 0. The van der Waals surface area contributed by atoms with Gasteiger partial charge in [-0.05, 0) is 31.5 Å². The summed E-state index contributed by atoms with van der Waals surface area (Å²) in [7, 11) is 2.88. The molecule has 0 spiro atoms. The van der Waals surface area contributed by atoms with Crippen LogP contribution in [0.15, 0.2) is 12.1 Å². The molecule has 1 aromatic carbocycles. The normalized spacial score (nSPS) is 14.1. The molecular weight excluding hydrogens is 298 g/mol. The van der Waals surface area contributed by atoms with Crippen molar-refractivity contribution in [1.29, 1.82) is 0 Å². The third kappa shape index (κ3) is 3.01. The zero-order valence-corrected chi connectivity index (χ0v) is 13.3. The van der Waals surface area contributed by atoms with E-state index in [0.717, 1.165) is 5.56 Å². The maximum atomic E-state index is 11.8. The number of rotatable bonds is 4. The Bertz CT molecular complexity index is 532. The van der Waals surface area contributed by atoms with Gasteiger partial charge in [-0.15, -0.1) is 12.4 Å². The molecule has 0 saturated heterocycles. The largest absolute Gasteiger partial charge is 0.493 e. The maximum absolute atomic E-state index is 11.8. The van der Waals surface area contributed by atoms with Crippen molar-refractivity contribution in [3.8, 4) is 17.2 Å². The molecule has 2 N–H and O–H groups in total. The second kappa shape index (κ2) is 6.41. The lowest BCUT2D eigenvalue weighted by Crippen LogP contribution is -2.37. The predicted octanol–water partition coefficient (Wildman–Crippen LogP) is 2.04. The molecule has 0 radical (unpaired) electrons. The van der Waals surface area contributed by atoms with Crippen molar-refractivity contribution in [1.82, 2.24) is 0 Å². The Labute approximate surface area is 129 Å². The first-order valence-electron chi connectivity index (χ1n) is 6.23. The summed E-state index contributed by atoms with van der Waals surface area (Å²) in [4.78, 5) is 11.8. The number of carbonyl (C=O) groups is 1. The van der Waals surface area contributed by atoms with E-state index in [-0.39, 0.29) is 25.2 Å². The standard InChI is InChI=1S/C14H19NO5.ClH/c1-14(2,13(16)18-4)12(15)8-5-9(17-3)11-10(6-8)19-7-20-11;/h5-6,12H,7,15H2,1-4H3;1H/t12-;/m1./s1. The van der Waals surface area contributed by atoms with E-state index in [1.54, 1.807) is 26.0 Å². The van der Waals surface area contributed by atoms with E-state index >= 15 is 0 Å². The molecule has 0 fully saturated rings. The van der Waals surface area contributed by atoms with Crippen LogP contribution in [0.1, 0.15) is 25.5 Å². The fourth-order valence-corrected chi connectivity index (χ4v) is 2.14. The van der Waals surface area contributed by atoms with Crippen LogP contribution in [0, 0.1) is 5.41 Å². The number of benzene rings is 1. The number of nitrogens with two attached hydrogens (primary N) is 1. The summed E-state index contributed by atoms with van der Waals surface area (Å²) in [5.41, 5.74) is 6.07. The third-order valence-electron chi connectivity index (χ3n) is 3.53. The van der Waals surface area contributed by atoms with Crippen molar-refractivity contribution in [3.05, 3.63) is 17.7 Å². The molecular formula is C14H20ClNO5. The van der Waals surface area contributed by atoms with Crippen LogP contribution in [-0.4, -0.2) is 27.0 Å². The Kier molecular flexibility index (Phi) is 5.31. The molecule has 0 saturated carbocycles. The van der Waals surface area contributed by atoms with E-state index in [1.807, 2.05) is 0 Å². The van der Waals surface area contributed by atoms with Gasteiger partial charge < -0.3 is 24.7 Å². The molecule has 7 heteroatoms. The highest BCUT2D eigenvalue weighted by Gasteiger charge is 2.37. The Morgan fingerprint density at radius 1 is 1.33 bits per heavy atom. The Morgan fingerprint density at radius 2 is 2.00 bits per heavy atom. The van der Waals surface area contributed by atoms with E-state index in [1.165, 1.54) is 14.2 Å². The fraction of sp³-hybridized carbons (Fsp3) is 0.500. The van der Waals surface area contributed by atoms with Crippen LogP contribution < -0.4 is 19.9 Å². The Balaban J connectivity index is 0.00000220. The number of carbonyl (C=O) groups excluding carboxylic acids is 1. The van der Waals surface area contributed by atoms with Gasteiger partial charge in [0.15, 0.2) is 11.5 Å². The molecule has 2 rings (SSSR count). The van der Waals surface area contributed by atoms with Crippen molar-refractivity contribution < 1.29 is 23.7 Å². The van der Waals surface area contributed by atoms with Crippen LogP contribution in [0.5, 0.6) is 17.2 Å². The molecule has 118 valence electrons. The minimum absolute atomic E-state index is 0. The summed E-state index contributed by atoms with van der Waals surface area (Å²) < 4.78 is 20.8. The van der Waals surface area contributed by atoms with Crippen LogP contribution >= 0.6 is 12.4 Å². The van der Waals surface area contributed by atoms with Gasteiger partial charge in [-0.1, -0.05) is 0 Å². The number of fused-ring (bicyclic) bond motifs is 1. The van der Waals surface area contributed by atoms with Gasteiger partial charge in [0.1, 0.15) is 0 Å². The zero-order valence-electron chi connectivity index (χ0n) is 12.5. The summed E-state index contributed by atoms with van der Waals surface area (Å²) in [5, 5.41) is 0. The van der Waals surface area contributed by atoms with Crippen molar-refractivity contribution in [2.45, 2.75) is 19.9 Å². The summed E-state index contributed by atoms with van der Waals surface area (Å²) >= 11 is 0. The van der Waals surface area contributed by atoms with Crippen LogP contribution in [0.4, 0.5) is 0 Å². The second-order valence-electron chi connectivity index (χ2n) is 5.15. The minimum atomic E-state index is -0.868. The molecule has 0 aromatic heterocycles. The lowest BCUT2D eigenvalue weighted by atomic mass is 9.81. The lowest BCUT2D eigenvalue weighted by Gasteiger charge is -2.29. The monoisotopic (exact) mass is 317 g/mol. The van der Waals surface area contributed by atoms with Crippen LogP contribution in [0.2, 0.25) is 0 Å². The highest BCUT2D eigenvalue weighted by atomic mass is 35.5. The van der Waals surface area contributed by atoms with Gasteiger partial charge >= 0.3 is 5.97 Å². The summed E-state index contributed by atoms with van der Waals surface area (Å²) in [6.45, 7) is 3.62. The van der Waals surface area contributed by atoms with Crippen molar-refractivity contribution >= 4 is 18.4 Å². The number of esters is 1. The first kappa shape index (κ1) is 17.4. The topological polar surface area (TPSA) is 80.0 Å². The van der Waals surface area contributed by atoms with Gasteiger partial charge in [-0.2, -0.15) is 0 Å². The van der Waals surface area contributed by atoms with E-state index in [0.29, 0.717) is 17.2 Å². The molecule has 0 bridgehead atoms. The highest BCUT2D eigenvalue weighted by Crippen LogP contribution is 2.45. The van der Waals surface area contributed by atoms with Gasteiger partial charge in [-0.25, -0.2) is 0 Å². The maximum Gasteiger partial charge on any atom is 0.313 e. The van der Waals surface area contributed by atoms with Gasteiger partial charge in [0.25, 0.3) is 0 Å². The van der Waals surface area contributed by atoms with Crippen LogP contribution in [0.25, 0.3) is 0 Å². The molecule has 0 aliphatic carbocycles. The third-order valence-corrected chi connectivity index (χ3v) is 3.53. The zero-order chi connectivity index (χ0) is 14.9. The Morgan fingerprint density at radius 3 is 2.57 bits per heavy atom. The van der Waals surface area contributed by atoms with E-state index in [4.69, 9.17) is 24.7 Å². The van der Waals surface area contributed by atoms with Gasteiger partial charge in [-0.3, -0.25) is 4.79 Å². The van der Waals surface area contributed by atoms with E-state index < -0.39 is 11.5 Å². The van der Waals surface area contributed by atoms with Gasteiger partial charge in [0, 0.05) is 6.04 Å².